The topological polar surface area (TPSA) is 110 Å². The molecular weight excluding hydrogens is 463 g/mol. The molecule has 1 fully saturated rings. The Hall–Kier alpha value is -3.44. The summed E-state index contributed by atoms with van der Waals surface area (Å²) in [5.74, 6) is -0.272. The first-order chi connectivity index (χ1) is 17.4. The molecule has 9 nitrogen and oxygen atoms in total. The average Bonchev–Trinajstić information content (AvgIpc) is 3.50. The van der Waals surface area contributed by atoms with Crippen LogP contribution in [0.4, 0.5) is 4.39 Å². The number of hydrogen-bond acceptors (Lipinski definition) is 7. The molecule has 4 unspecified atom stereocenters. The zero-order valence-corrected chi connectivity index (χ0v) is 20.0. The number of benzene rings is 2. The van der Waals surface area contributed by atoms with Crippen molar-refractivity contribution < 1.29 is 19.3 Å². The van der Waals surface area contributed by atoms with Crippen LogP contribution in [0.3, 0.4) is 0 Å². The van der Waals surface area contributed by atoms with Crippen molar-refractivity contribution in [3.8, 4) is 0 Å². The Bertz CT molecular complexity index is 1580. The monoisotopic (exact) mass is 490 g/mol. The van der Waals surface area contributed by atoms with Crippen molar-refractivity contribution in [2.24, 2.45) is 0 Å². The molecule has 0 aliphatic carbocycles. The van der Waals surface area contributed by atoms with Crippen LogP contribution in [0, 0.1) is 19.7 Å². The molecule has 36 heavy (non-hydrogen) atoms. The predicted octanol–water partition coefficient (Wildman–Crippen LogP) is 2.60. The number of aliphatic hydroxyl groups is 2. The summed E-state index contributed by atoms with van der Waals surface area (Å²) < 4.78 is 23.8. The van der Waals surface area contributed by atoms with E-state index in [9.17, 15) is 14.6 Å². The zero-order chi connectivity index (χ0) is 25.0. The molecule has 0 bridgehead atoms. The molecule has 0 spiro atoms. The van der Waals surface area contributed by atoms with Gasteiger partial charge >= 0.3 is 0 Å². The minimum atomic E-state index is -1.13. The lowest BCUT2D eigenvalue weighted by Gasteiger charge is -2.17. The summed E-state index contributed by atoms with van der Waals surface area (Å²) in [6.07, 6.45) is -0.653. The van der Waals surface area contributed by atoms with Gasteiger partial charge in [-0.25, -0.2) is 19.3 Å². The molecule has 1 aliphatic rings. The van der Waals surface area contributed by atoms with Gasteiger partial charge in [0.15, 0.2) is 11.9 Å². The maximum absolute atomic E-state index is 14.1. The highest BCUT2D eigenvalue weighted by molar-refractivity contribution is 6.08. The standard InChI is InChI=1S/C26H27FN6O3/c1-14-3-6-19-18(9-14)17-5-4-16(27)10-20(17)32(19)8-7-28-11-21-23(34)24(35)26(36-21)33-13-31-22-15(2)29-12-30-25(22)33/h3-6,9-10,12-13,21,23-24,26,28,34-35H,7-8,11H2,1-2H3. The molecule has 0 radical (unpaired) electrons. The van der Waals surface area contributed by atoms with Crippen LogP contribution in [0.2, 0.25) is 0 Å². The lowest BCUT2D eigenvalue weighted by Crippen LogP contribution is -2.38. The number of nitrogens with one attached hydrogen (secondary N) is 1. The fourth-order valence-corrected chi connectivity index (χ4v) is 5.15. The Morgan fingerprint density at radius 3 is 2.72 bits per heavy atom. The fraction of sp³-hybridized carbons (Fsp3) is 0.346. The first kappa shape index (κ1) is 23.0. The molecule has 4 atom stereocenters. The van der Waals surface area contributed by atoms with Gasteiger partial charge in [0.1, 0.15) is 36.0 Å². The van der Waals surface area contributed by atoms with Crippen molar-refractivity contribution in [2.75, 3.05) is 13.1 Å². The number of halogens is 1. The predicted molar refractivity (Wildman–Crippen MR) is 133 cm³/mol. The van der Waals surface area contributed by atoms with Gasteiger partial charge in [0, 0.05) is 35.9 Å². The Labute approximate surface area is 206 Å². The number of nitrogens with zero attached hydrogens (tertiary/aromatic N) is 5. The quantitative estimate of drug-likeness (QED) is 0.314. The molecule has 10 heteroatoms. The smallest absolute Gasteiger partial charge is 0.165 e. The van der Waals surface area contributed by atoms with Crippen LogP contribution in [0.25, 0.3) is 33.0 Å². The third-order valence-corrected chi connectivity index (χ3v) is 6.99. The zero-order valence-electron chi connectivity index (χ0n) is 20.0. The van der Waals surface area contributed by atoms with Gasteiger partial charge in [-0.2, -0.15) is 0 Å². The first-order valence-corrected chi connectivity index (χ1v) is 12.0. The lowest BCUT2D eigenvalue weighted by atomic mass is 10.1. The minimum Gasteiger partial charge on any atom is -0.387 e. The number of aromatic nitrogens is 5. The summed E-state index contributed by atoms with van der Waals surface area (Å²) in [7, 11) is 0. The molecular formula is C26H27FN6O3. The van der Waals surface area contributed by atoms with Crippen LogP contribution in [0.5, 0.6) is 0 Å². The van der Waals surface area contributed by atoms with E-state index in [2.05, 4.69) is 43.0 Å². The maximum Gasteiger partial charge on any atom is 0.165 e. The van der Waals surface area contributed by atoms with Gasteiger partial charge in [-0.1, -0.05) is 11.6 Å². The summed E-state index contributed by atoms with van der Waals surface area (Å²) in [4.78, 5) is 12.7. The molecule has 1 saturated heterocycles. The van der Waals surface area contributed by atoms with Gasteiger partial charge in [0.2, 0.25) is 0 Å². The van der Waals surface area contributed by atoms with E-state index in [1.807, 2.05) is 19.9 Å². The second-order valence-corrected chi connectivity index (χ2v) is 9.37. The van der Waals surface area contributed by atoms with E-state index >= 15 is 0 Å². The highest BCUT2D eigenvalue weighted by Gasteiger charge is 2.44. The second kappa shape index (κ2) is 8.90. The van der Waals surface area contributed by atoms with Crippen LogP contribution < -0.4 is 5.32 Å². The largest absolute Gasteiger partial charge is 0.387 e. The van der Waals surface area contributed by atoms with E-state index in [0.29, 0.717) is 30.8 Å². The number of aryl methyl sites for hydroxylation is 2. The fourth-order valence-electron chi connectivity index (χ4n) is 5.15. The molecule has 4 heterocycles. The minimum absolute atomic E-state index is 0.272. The highest BCUT2D eigenvalue weighted by Crippen LogP contribution is 2.32. The maximum atomic E-state index is 14.1. The molecule has 0 saturated carbocycles. The van der Waals surface area contributed by atoms with Crippen molar-refractivity contribution in [3.05, 3.63) is 66.1 Å². The lowest BCUT2D eigenvalue weighted by molar-refractivity contribution is -0.0341. The molecule has 3 N–H and O–H groups in total. The van der Waals surface area contributed by atoms with Gasteiger partial charge in [-0.3, -0.25) is 4.57 Å². The summed E-state index contributed by atoms with van der Waals surface area (Å²) in [5.41, 5.74) is 4.93. The van der Waals surface area contributed by atoms with Crippen LogP contribution in [0.15, 0.2) is 49.1 Å². The van der Waals surface area contributed by atoms with Crippen molar-refractivity contribution in [1.82, 2.24) is 29.4 Å². The molecule has 2 aromatic carbocycles. The summed E-state index contributed by atoms with van der Waals surface area (Å²) >= 11 is 0. The van der Waals surface area contributed by atoms with E-state index < -0.39 is 24.5 Å². The summed E-state index contributed by atoms with van der Waals surface area (Å²) in [5, 5.41) is 26.8. The highest BCUT2D eigenvalue weighted by atomic mass is 19.1. The number of hydrogen-bond donors (Lipinski definition) is 3. The first-order valence-electron chi connectivity index (χ1n) is 12.0. The van der Waals surface area contributed by atoms with Gasteiger partial charge in [-0.15, -0.1) is 0 Å². The molecule has 1 aliphatic heterocycles. The number of fused-ring (bicyclic) bond motifs is 4. The van der Waals surface area contributed by atoms with Crippen molar-refractivity contribution >= 4 is 33.0 Å². The van der Waals surface area contributed by atoms with E-state index in [0.717, 1.165) is 33.1 Å². The molecule has 0 amide bonds. The van der Waals surface area contributed by atoms with E-state index in [4.69, 9.17) is 4.74 Å². The number of ether oxygens (including phenoxy) is 1. The second-order valence-electron chi connectivity index (χ2n) is 9.37. The van der Waals surface area contributed by atoms with Crippen LogP contribution in [-0.2, 0) is 11.3 Å². The van der Waals surface area contributed by atoms with Crippen LogP contribution in [-0.4, -0.2) is 65.7 Å². The normalized spacial score (nSPS) is 22.4. The summed E-state index contributed by atoms with van der Waals surface area (Å²) in [6.45, 7) is 5.38. The molecule has 3 aromatic heterocycles. The van der Waals surface area contributed by atoms with E-state index in [1.54, 1.807) is 17.0 Å². The van der Waals surface area contributed by atoms with Crippen molar-refractivity contribution in [1.29, 1.82) is 0 Å². The van der Waals surface area contributed by atoms with Crippen LogP contribution in [0.1, 0.15) is 17.5 Å². The Kier molecular flexibility index (Phi) is 5.68. The Balaban J connectivity index is 1.16. The van der Waals surface area contributed by atoms with E-state index in [-0.39, 0.29) is 5.82 Å². The van der Waals surface area contributed by atoms with Crippen molar-refractivity contribution in [3.63, 3.8) is 0 Å². The van der Waals surface area contributed by atoms with Gasteiger partial charge in [0.05, 0.1) is 17.5 Å². The SMILES string of the molecule is Cc1ccc2c(c1)c1ccc(F)cc1n2CCNCC1OC(n2cnc3c(C)ncnc32)C(O)C1O. The van der Waals surface area contributed by atoms with Gasteiger partial charge < -0.3 is 24.8 Å². The van der Waals surface area contributed by atoms with Gasteiger partial charge in [0.25, 0.3) is 0 Å². The Morgan fingerprint density at radius 2 is 1.86 bits per heavy atom. The molecule has 5 aromatic rings. The molecule has 186 valence electrons. The Morgan fingerprint density at radius 1 is 1.00 bits per heavy atom. The number of aliphatic hydroxyl groups excluding tert-OH is 2. The number of rotatable bonds is 6. The van der Waals surface area contributed by atoms with Gasteiger partial charge in [-0.05, 0) is 44.2 Å². The van der Waals surface area contributed by atoms with Crippen molar-refractivity contribution in [2.45, 2.75) is 44.9 Å². The van der Waals surface area contributed by atoms with Crippen LogP contribution >= 0.6 is 0 Å². The third kappa shape index (κ3) is 3.73. The average molecular weight is 491 g/mol. The molecule has 6 rings (SSSR count). The van der Waals surface area contributed by atoms with E-state index in [1.165, 1.54) is 12.4 Å². The number of imidazole rings is 1. The third-order valence-electron chi connectivity index (χ3n) is 6.99. The summed E-state index contributed by atoms with van der Waals surface area (Å²) in [6, 6.07) is 11.1.